The molecule has 19 heavy (non-hydrogen) atoms. The van der Waals surface area contributed by atoms with Crippen LogP contribution in [-0.4, -0.2) is 36.7 Å². The van der Waals surface area contributed by atoms with Crippen LogP contribution in [0.5, 0.6) is 5.75 Å². The average Bonchev–Trinajstić information content (AvgIpc) is 2.33. The van der Waals surface area contributed by atoms with E-state index in [9.17, 15) is 18.0 Å². The fraction of sp³-hybridized carbons (Fsp3) is 0.417. The van der Waals surface area contributed by atoms with Crippen LogP contribution < -0.4 is 4.74 Å². The lowest BCUT2D eigenvalue weighted by Gasteiger charge is -2.22. The van der Waals surface area contributed by atoms with Gasteiger partial charge in [0.1, 0.15) is 12.3 Å². The molecule has 1 rings (SSSR count). The molecule has 0 radical (unpaired) electrons. The minimum absolute atomic E-state index is 0.0375. The monoisotopic (exact) mass is 295 g/mol. The van der Waals surface area contributed by atoms with Gasteiger partial charge < -0.3 is 9.64 Å². The standard InChI is InChI=1S/C12H13ClF3NO2/c1-2-17(8-12(14,15)16)11(18)7-19-10-6-4-3-5-9(10)13/h3-6H,2,7-8H2,1H3. The fourth-order valence-corrected chi connectivity index (χ4v) is 1.58. The zero-order valence-electron chi connectivity index (χ0n) is 10.2. The van der Waals surface area contributed by atoms with E-state index in [1.54, 1.807) is 18.2 Å². The van der Waals surface area contributed by atoms with Crippen LogP contribution in [0, 0.1) is 0 Å². The quantitative estimate of drug-likeness (QED) is 0.835. The van der Waals surface area contributed by atoms with Gasteiger partial charge in [-0.3, -0.25) is 4.79 Å². The van der Waals surface area contributed by atoms with Crippen LogP contribution in [-0.2, 0) is 4.79 Å². The van der Waals surface area contributed by atoms with E-state index in [0.717, 1.165) is 0 Å². The first-order chi connectivity index (χ1) is 8.83. The lowest BCUT2D eigenvalue weighted by atomic mass is 10.3. The van der Waals surface area contributed by atoms with Crippen LogP contribution in [0.2, 0.25) is 5.02 Å². The maximum Gasteiger partial charge on any atom is 0.406 e. The Morgan fingerprint density at radius 1 is 1.37 bits per heavy atom. The molecular weight excluding hydrogens is 283 g/mol. The van der Waals surface area contributed by atoms with E-state index >= 15 is 0 Å². The van der Waals surface area contributed by atoms with Crippen molar-refractivity contribution < 1.29 is 22.7 Å². The molecule has 0 spiro atoms. The van der Waals surface area contributed by atoms with E-state index in [1.165, 1.54) is 13.0 Å². The Morgan fingerprint density at radius 3 is 2.53 bits per heavy atom. The van der Waals surface area contributed by atoms with Crippen LogP contribution in [0.3, 0.4) is 0 Å². The molecule has 106 valence electrons. The van der Waals surface area contributed by atoms with Gasteiger partial charge in [-0.15, -0.1) is 0 Å². The molecule has 0 aliphatic heterocycles. The second-order valence-corrected chi connectivity index (χ2v) is 4.15. The number of carbonyl (C=O) groups is 1. The Morgan fingerprint density at radius 2 is 2.00 bits per heavy atom. The number of carbonyl (C=O) groups excluding carboxylic acids is 1. The zero-order valence-corrected chi connectivity index (χ0v) is 11.0. The number of hydrogen-bond donors (Lipinski definition) is 0. The van der Waals surface area contributed by atoms with Crippen molar-refractivity contribution in [1.29, 1.82) is 0 Å². The third-order valence-electron chi connectivity index (χ3n) is 2.29. The lowest BCUT2D eigenvalue weighted by molar-refractivity contribution is -0.161. The van der Waals surface area contributed by atoms with Gasteiger partial charge in [0.2, 0.25) is 0 Å². The van der Waals surface area contributed by atoms with Gasteiger partial charge in [0.05, 0.1) is 5.02 Å². The number of halogens is 4. The smallest absolute Gasteiger partial charge is 0.406 e. The molecule has 0 unspecified atom stereocenters. The molecule has 0 N–H and O–H groups in total. The van der Waals surface area contributed by atoms with Crippen LogP contribution in [0.25, 0.3) is 0 Å². The summed E-state index contributed by atoms with van der Waals surface area (Å²) in [5.41, 5.74) is 0. The molecule has 3 nitrogen and oxygen atoms in total. The Bertz CT molecular complexity index is 437. The van der Waals surface area contributed by atoms with Crippen LogP contribution in [0.1, 0.15) is 6.92 Å². The largest absolute Gasteiger partial charge is 0.482 e. The van der Waals surface area contributed by atoms with Gasteiger partial charge in [0.25, 0.3) is 5.91 Å². The first-order valence-electron chi connectivity index (χ1n) is 5.55. The maximum absolute atomic E-state index is 12.2. The number of amides is 1. The first kappa shape index (κ1) is 15.6. The van der Waals surface area contributed by atoms with Crippen molar-refractivity contribution in [3.63, 3.8) is 0 Å². The molecular formula is C12H13ClF3NO2. The highest BCUT2D eigenvalue weighted by Crippen LogP contribution is 2.23. The molecule has 0 saturated carbocycles. The molecule has 0 saturated heterocycles. The van der Waals surface area contributed by atoms with Gasteiger partial charge >= 0.3 is 6.18 Å². The third kappa shape index (κ3) is 5.38. The summed E-state index contributed by atoms with van der Waals surface area (Å²) in [5.74, 6) is -0.472. The van der Waals surface area contributed by atoms with Gasteiger partial charge in [-0.2, -0.15) is 13.2 Å². The predicted molar refractivity (Wildman–Crippen MR) is 65.3 cm³/mol. The number of ether oxygens (including phenoxy) is 1. The highest BCUT2D eigenvalue weighted by atomic mass is 35.5. The molecule has 0 aromatic heterocycles. The Balaban J connectivity index is 2.57. The number of nitrogens with zero attached hydrogens (tertiary/aromatic N) is 1. The second kappa shape index (κ2) is 6.65. The molecule has 0 heterocycles. The van der Waals surface area contributed by atoms with Crippen molar-refractivity contribution >= 4 is 17.5 Å². The van der Waals surface area contributed by atoms with E-state index < -0.39 is 25.2 Å². The normalized spacial score (nSPS) is 11.2. The Labute approximate surface area is 113 Å². The summed E-state index contributed by atoms with van der Waals surface area (Å²) in [7, 11) is 0. The number of benzene rings is 1. The van der Waals surface area contributed by atoms with E-state index in [0.29, 0.717) is 9.92 Å². The van der Waals surface area contributed by atoms with Crippen LogP contribution in [0.15, 0.2) is 24.3 Å². The number of alkyl halides is 3. The van der Waals surface area contributed by atoms with E-state index in [-0.39, 0.29) is 12.3 Å². The van der Waals surface area contributed by atoms with Crippen molar-refractivity contribution in [2.45, 2.75) is 13.1 Å². The molecule has 1 amide bonds. The lowest BCUT2D eigenvalue weighted by Crippen LogP contribution is -2.41. The van der Waals surface area contributed by atoms with Crippen molar-refractivity contribution in [3.8, 4) is 5.75 Å². The van der Waals surface area contributed by atoms with Gasteiger partial charge in [-0.1, -0.05) is 23.7 Å². The minimum Gasteiger partial charge on any atom is -0.482 e. The van der Waals surface area contributed by atoms with Crippen LogP contribution >= 0.6 is 11.6 Å². The van der Waals surface area contributed by atoms with Crippen molar-refractivity contribution in [1.82, 2.24) is 4.90 Å². The molecule has 0 atom stereocenters. The summed E-state index contributed by atoms with van der Waals surface area (Å²) in [4.78, 5) is 12.3. The summed E-state index contributed by atoms with van der Waals surface area (Å²) < 4.78 is 41.8. The molecule has 1 aromatic carbocycles. The SMILES string of the molecule is CCN(CC(F)(F)F)C(=O)COc1ccccc1Cl. The average molecular weight is 296 g/mol. The topological polar surface area (TPSA) is 29.5 Å². The van der Waals surface area contributed by atoms with Gasteiger partial charge in [-0.25, -0.2) is 0 Å². The first-order valence-corrected chi connectivity index (χ1v) is 5.93. The Hall–Kier alpha value is -1.43. The number of rotatable bonds is 5. The maximum atomic E-state index is 12.2. The molecule has 7 heteroatoms. The van der Waals surface area contributed by atoms with E-state index in [1.807, 2.05) is 0 Å². The summed E-state index contributed by atoms with van der Waals surface area (Å²) in [6.07, 6.45) is -4.42. The highest BCUT2D eigenvalue weighted by molar-refractivity contribution is 6.32. The molecule has 0 bridgehead atoms. The van der Waals surface area contributed by atoms with Gasteiger partial charge in [-0.05, 0) is 19.1 Å². The van der Waals surface area contributed by atoms with Crippen molar-refractivity contribution in [3.05, 3.63) is 29.3 Å². The van der Waals surface area contributed by atoms with E-state index in [4.69, 9.17) is 16.3 Å². The number of para-hydroxylation sites is 1. The van der Waals surface area contributed by atoms with Gasteiger partial charge in [0.15, 0.2) is 6.61 Å². The molecule has 0 aliphatic carbocycles. The van der Waals surface area contributed by atoms with Crippen molar-refractivity contribution in [2.24, 2.45) is 0 Å². The van der Waals surface area contributed by atoms with Crippen LogP contribution in [0.4, 0.5) is 13.2 Å². The summed E-state index contributed by atoms with van der Waals surface area (Å²) in [6.45, 7) is -0.328. The summed E-state index contributed by atoms with van der Waals surface area (Å²) in [5, 5.41) is 0.300. The molecule has 0 fully saturated rings. The van der Waals surface area contributed by atoms with Crippen molar-refractivity contribution in [2.75, 3.05) is 19.7 Å². The molecule has 1 aromatic rings. The summed E-state index contributed by atoms with van der Waals surface area (Å²) >= 11 is 5.80. The second-order valence-electron chi connectivity index (χ2n) is 3.74. The highest BCUT2D eigenvalue weighted by Gasteiger charge is 2.32. The molecule has 0 aliphatic rings. The fourth-order valence-electron chi connectivity index (χ4n) is 1.39. The van der Waals surface area contributed by atoms with Gasteiger partial charge in [0, 0.05) is 6.54 Å². The summed E-state index contributed by atoms with van der Waals surface area (Å²) in [6, 6.07) is 6.43. The predicted octanol–water partition coefficient (Wildman–Crippen LogP) is 3.13. The number of hydrogen-bond acceptors (Lipinski definition) is 2. The minimum atomic E-state index is -4.42. The zero-order chi connectivity index (χ0) is 14.5. The van der Waals surface area contributed by atoms with E-state index in [2.05, 4.69) is 0 Å². The number of likely N-dealkylation sites (N-methyl/N-ethyl adjacent to an activating group) is 1. The third-order valence-corrected chi connectivity index (χ3v) is 2.60. The Kier molecular flexibility index (Phi) is 5.47.